The normalized spacial score (nSPS) is 39.5. The number of hydrogen-bond acceptors (Lipinski definition) is 8. The van der Waals surface area contributed by atoms with Gasteiger partial charge in [0.25, 0.3) is 0 Å². The first-order valence-electron chi connectivity index (χ1n) is 11.0. The fourth-order valence-electron chi connectivity index (χ4n) is 5.38. The van der Waals surface area contributed by atoms with E-state index in [0.29, 0.717) is 13.2 Å². The van der Waals surface area contributed by atoms with Crippen molar-refractivity contribution in [3.05, 3.63) is 29.8 Å². The SMILES string of the molecule is COc1ccc(CN2C(=O)O[C@H](C)[C@@]23[C@@H]([C@H]2COC(C)(C)O2)O[C@@H]2OC(C)(C)O[C@@H]23)cc1. The van der Waals surface area contributed by atoms with Crippen LogP contribution < -0.4 is 4.74 Å². The first kappa shape index (κ1) is 21.9. The molecule has 4 aliphatic heterocycles. The summed E-state index contributed by atoms with van der Waals surface area (Å²) in [6, 6.07) is 7.60. The minimum absolute atomic E-state index is 0.316. The van der Waals surface area contributed by atoms with Crippen LogP contribution in [0.25, 0.3) is 0 Å². The number of carbonyl (C=O) groups excluding carboxylic acids is 1. The second kappa shape index (κ2) is 7.30. The van der Waals surface area contributed by atoms with E-state index in [1.54, 1.807) is 12.0 Å². The molecule has 6 atom stereocenters. The molecule has 4 aliphatic rings. The monoisotopic (exact) mass is 449 g/mol. The quantitative estimate of drug-likeness (QED) is 0.694. The van der Waals surface area contributed by atoms with Gasteiger partial charge in [-0.3, -0.25) is 4.90 Å². The van der Waals surface area contributed by atoms with Crippen molar-refractivity contribution in [3.63, 3.8) is 0 Å². The number of amides is 1. The molecule has 9 heteroatoms. The van der Waals surface area contributed by atoms with E-state index in [0.717, 1.165) is 11.3 Å². The Morgan fingerprint density at radius 3 is 2.38 bits per heavy atom. The van der Waals surface area contributed by atoms with Gasteiger partial charge >= 0.3 is 6.09 Å². The number of methoxy groups -OCH3 is 1. The number of carbonyl (C=O) groups is 1. The van der Waals surface area contributed by atoms with Gasteiger partial charge < -0.3 is 33.2 Å². The van der Waals surface area contributed by atoms with Crippen molar-refractivity contribution >= 4 is 6.09 Å². The third-order valence-corrected chi connectivity index (χ3v) is 6.73. The van der Waals surface area contributed by atoms with E-state index in [1.807, 2.05) is 58.9 Å². The van der Waals surface area contributed by atoms with Gasteiger partial charge in [0.05, 0.1) is 13.7 Å². The third kappa shape index (κ3) is 3.30. The van der Waals surface area contributed by atoms with Crippen molar-refractivity contribution in [2.24, 2.45) is 0 Å². The molecule has 4 fully saturated rings. The van der Waals surface area contributed by atoms with Crippen molar-refractivity contribution in [1.82, 2.24) is 4.90 Å². The molecule has 9 nitrogen and oxygen atoms in total. The molecule has 1 amide bonds. The fraction of sp³-hybridized carbons (Fsp3) is 0.696. The molecular formula is C23H31NO8. The lowest BCUT2D eigenvalue weighted by atomic mass is 9.79. The van der Waals surface area contributed by atoms with Gasteiger partial charge in [0, 0.05) is 6.54 Å². The van der Waals surface area contributed by atoms with Crippen LogP contribution in [0.15, 0.2) is 24.3 Å². The molecule has 176 valence electrons. The molecular weight excluding hydrogens is 418 g/mol. The summed E-state index contributed by atoms with van der Waals surface area (Å²) in [6.07, 6.45) is -3.12. The fourth-order valence-corrected chi connectivity index (χ4v) is 5.38. The summed E-state index contributed by atoms with van der Waals surface area (Å²) in [5, 5.41) is 0. The van der Waals surface area contributed by atoms with E-state index in [-0.39, 0.29) is 0 Å². The molecule has 1 aromatic rings. The van der Waals surface area contributed by atoms with Gasteiger partial charge in [0.15, 0.2) is 17.9 Å². The highest BCUT2D eigenvalue weighted by atomic mass is 16.8. The average Bonchev–Trinajstić information content (AvgIpc) is 3.39. The van der Waals surface area contributed by atoms with Crippen LogP contribution in [0.5, 0.6) is 5.75 Å². The van der Waals surface area contributed by atoms with E-state index < -0.39 is 53.9 Å². The van der Waals surface area contributed by atoms with Crippen molar-refractivity contribution in [2.75, 3.05) is 13.7 Å². The molecule has 4 saturated heterocycles. The molecule has 0 saturated carbocycles. The molecule has 0 N–H and O–H groups in total. The van der Waals surface area contributed by atoms with Crippen molar-refractivity contribution in [2.45, 2.75) is 89.0 Å². The largest absolute Gasteiger partial charge is 0.497 e. The number of nitrogens with zero attached hydrogens (tertiary/aromatic N) is 1. The van der Waals surface area contributed by atoms with E-state index in [2.05, 4.69) is 0 Å². The number of cyclic esters (lactones) is 1. The van der Waals surface area contributed by atoms with Crippen LogP contribution in [-0.4, -0.2) is 72.5 Å². The maximum atomic E-state index is 13.2. The van der Waals surface area contributed by atoms with Crippen molar-refractivity contribution < 1.29 is 38.0 Å². The molecule has 0 bridgehead atoms. The maximum absolute atomic E-state index is 13.2. The van der Waals surface area contributed by atoms with Gasteiger partial charge in [0.2, 0.25) is 0 Å². The zero-order valence-corrected chi connectivity index (χ0v) is 19.3. The summed E-state index contributed by atoms with van der Waals surface area (Å²) in [5.74, 6) is -0.853. The van der Waals surface area contributed by atoms with Gasteiger partial charge in [-0.05, 0) is 52.3 Å². The van der Waals surface area contributed by atoms with E-state index in [4.69, 9.17) is 33.2 Å². The zero-order chi connectivity index (χ0) is 22.9. The van der Waals surface area contributed by atoms with E-state index >= 15 is 0 Å². The lowest BCUT2D eigenvalue weighted by Gasteiger charge is -2.43. The molecule has 1 aromatic carbocycles. The Balaban J connectivity index is 1.55. The summed E-state index contributed by atoms with van der Waals surface area (Å²) >= 11 is 0. The predicted octanol–water partition coefficient (Wildman–Crippen LogP) is 2.80. The van der Waals surface area contributed by atoms with Gasteiger partial charge in [-0.2, -0.15) is 0 Å². The van der Waals surface area contributed by atoms with Crippen molar-refractivity contribution in [1.29, 1.82) is 0 Å². The van der Waals surface area contributed by atoms with Crippen LogP contribution in [0.3, 0.4) is 0 Å². The number of benzene rings is 1. The smallest absolute Gasteiger partial charge is 0.411 e. The van der Waals surface area contributed by atoms with Gasteiger partial charge in [0.1, 0.15) is 35.7 Å². The van der Waals surface area contributed by atoms with Crippen LogP contribution in [0.1, 0.15) is 40.2 Å². The van der Waals surface area contributed by atoms with Crippen LogP contribution in [0.2, 0.25) is 0 Å². The van der Waals surface area contributed by atoms with E-state index in [9.17, 15) is 4.79 Å². The van der Waals surface area contributed by atoms with E-state index in [1.165, 1.54) is 0 Å². The highest BCUT2D eigenvalue weighted by Gasteiger charge is 2.74. The maximum Gasteiger partial charge on any atom is 0.411 e. The molecule has 5 rings (SSSR count). The lowest BCUT2D eigenvalue weighted by molar-refractivity contribution is -0.238. The summed E-state index contributed by atoms with van der Waals surface area (Å²) in [4.78, 5) is 14.9. The van der Waals surface area contributed by atoms with Gasteiger partial charge in [-0.25, -0.2) is 4.79 Å². The van der Waals surface area contributed by atoms with Crippen LogP contribution in [0.4, 0.5) is 4.79 Å². The highest BCUT2D eigenvalue weighted by molar-refractivity contribution is 5.73. The number of ether oxygens (including phenoxy) is 7. The van der Waals surface area contributed by atoms with Crippen LogP contribution >= 0.6 is 0 Å². The Hall–Kier alpha value is -1.91. The molecule has 0 radical (unpaired) electrons. The minimum atomic E-state index is -0.954. The highest BCUT2D eigenvalue weighted by Crippen LogP contribution is 2.53. The number of fused-ring (bicyclic) bond motifs is 2. The average molecular weight is 450 g/mol. The summed E-state index contributed by atoms with van der Waals surface area (Å²) < 4.78 is 41.9. The Kier molecular flexibility index (Phi) is 5.00. The van der Waals surface area contributed by atoms with Crippen LogP contribution in [0, 0.1) is 0 Å². The molecule has 0 aromatic heterocycles. The number of rotatable bonds is 4. The van der Waals surface area contributed by atoms with Gasteiger partial charge in [-0.1, -0.05) is 12.1 Å². The molecule has 0 aliphatic carbocycles. The second-order valence-corrected chi connectivity index (χ2v) is 9.70. The molecule has 4 heterocycles. The van der Waals surface area contributed by atoms with Crippen molar-refractivity contribution in [3.8, 4) is 5.75 Å². The third-order valence-electron chi connectivity index (χ3n) is 6.73. The Morgan fingerprint density at radius 1 is 1.03 bits per heavy atom. The summed E-state index contributed by atoms with van der Waals surface area (Å²) in [7, 11) is 1.62. The number of hydrogen-bond donors (Lipinski definition) is 0. The molecule has 1 spiro atoms. The zero-order valence-electron chi connectivity index (χ0n) is 19.3. The first-order valence-corrected chi connectivity index (χ1v) is 11.0. The van der Waals surface area contributed by atoms with Crippen LogP contribution in [-0.2, 0) is 35.0 Å². The first-order chi connectivity index (χ1) is 15.1. The Labute approximate surface area is 187 Å². The lowest BCUT2D eigenvalue weighted by Crippen LogP contribution is -2.66. The second-order valence-electron chi connectivity index (χ2n) is 9.70. The predicted molar refractivity (Wildman–Crippen MR) is 111 cm³/mol. The topological polar surface area (TPSA) is 84.9 Å². The summed E-state index contributed by atoms with van der Waals surface area (Å²) in [5.41, 5.74) is -0.0234. The van der Waals surface area contributed by atoms with Gasteiger partial charge in [-0.15, -0.1) is 0 Å². The Morgan fingerprint density at radius 2 is 1.75 bits per heavy atom. The summed E-state index contributed by atoms with van der Waals surface area (Å²) in [6.45, 7) is 9.93. The Bertz CT molecular complexity index is 886. The molecule has 32 heavy (non-hydrogen) atoms. The molecule has 0 unspecified atom stereocenters. The minimum Gasteiger partial charge on any atom is -0.497 e. The standard InChI is InChI=1S/C23H31NO8/c1-13-23(24(20(25)28-13)11-14-7-9-15(26-6)10-8-14)17(16-12-27-21(2,3)30-16)29-19-18(23)31-22(4,5)32-19/h7-10,13,16-19H,11-12H2,1-6H3/t13-,16-,17-,18+,19-,23+/m1/s1.